The van der Waals surface area contributed by atoms with Gasteiger partial charge in [-0.15, -0.1) is 0 Å². The minimum Gasteiger partial charge on any atom is -0.336 e. The summed E-state index contributed by atoms with van der Waals surface area (Å²) in [6, 6.07) is 31.0. The standard InChI is InChI=1S/C27H25BrN2S/c1-21(31-26-14-7-4-8-15-26)17-22(18-23-11-9-10-16-27(23)28)19-25(20-29)30(2)24-12-5-3-6-13-24/h3-17,19,22H,18H2,1-2H3/b21-17+,25-19+. The number of nitriles is 1. The van der Waals surface area contributed by atoms with E-state index in [4.69, 9.17) is 0 Å². The summed E-state index contributed by atoms with van der Waals surface area (Å²) in [6.45, 7) is 2.13. The van der Waals surface area contributed by atoms with E-state index in [-0.39, 0.29) is 5.92 Å². The number of anilines is 1. The van der Waals surface area contributed by atoms with Gasteiger partial charge in [0.25, 0.3) is 0 Å². The fourth-order valence-corrected chi connectivity index (χ4v) is 4.67. The van der Waals surface area contributed by atoms with E-state index in [1.54, 1.807) is 11.8 Å². The Kier molecular flexibility index (Phi) is 8.58. The molecule has 0 heterocycles. The summed E-state index contributed by atoms with van der Waals surface area (Å²) in [7, 11) is 1.94. The van der Waals surface area contributed by atoms with Crippen LogP contribution in [-0.2, 0) is 6.42 Å². The van der Waals surface area contributed by atoms with Gasteiger partial charge >= 0.3 is 0 Å². The van der Waals surface area contributed by atoms with Gasteiger partial charge in [-0.2, -0.15) is 5.26 Å². The highest BCUT2D eigenvalue weighted by molar-refractivity contribution is 9.10. The Labute approximate surface area is 198 Å². The van der Waals surface area contributed by atoms with Gasteiger partial charge < -0.3 is 4.90 Å². The van der Waals surface area contributed by atoms with Gasteiger partial charge in [0, 0.05) is 28.0 Å². The molecule has 0 radical (unpaired) electrons. The van der Waals surface area contributed by atoms with Crippen LogP contribution in [0.15, 0.2) is 117 Å². The van der Waals surface area contributed by atoms with E-state index < -0.39 is 0 Å². The van der Waals surface area contributed by atoms with Crippen LogP contribution in [0.25, 0.3) is 0 Å². The summed E-state index contributed by atoms with van der Waals surface area (Å²) in [5.74, 6) is 0.0794. The molecule has 0 aliphatic carbocycles. The molecule has 0 aliphatic rings. The third-order valence-corrected chi connectivity index (χ3v) is 6.62. The van der Waals surface area contributed by atoms with Crippen molar-refractivity contribution in [3.63, 3.8) is 0 Å². The number of rotatable bonds is 8. The molecule has 156 valence electrons. The second-order valence-corrected chi connectivity index (χ2v) is 9.38. The Morgan fingerprint density at radius 3 is 2.23 bits per heavy atom. The zero-order chi connectivity index (χ0) is 22.1. The molecule has 0 aliphatic heterocycles. The van der Waals surface area contributed by atoms with Crippen molar-refractivity contribution in [1.82, 2.24) is 0 Å². The highest BCUT2D eigenvalue weighted by Crippen LogP contribution is 2.30. The summed E-state index contributed by atoms with van der Waals surface area (Å²) in [5, 5.41) is 9.90. The molecular weight excluding hydrogens is 464 g/mol. The monoisotopic (exact) mass is 488 g/mol. The summed E-state index contributed by atoms with van der Waals surface area (Å²) in [4.78, 5) is 4.36. The van der Waals surface area contributed by atoms with Crippen LogP contribution in [0.2, 0.25) is 0 Å². The molecule has 0 saturated heterocycles. The molecule has 4 heteroatoms. The van der Waals surface area contributed by atoms with Gasteiger partial charge in [-0.25, -0.2) is 0 Å². The number of hydrogen-bond acceptors (Lipinski definition) is 3. The Balaban J connectivity index is 1.92. The Hall–Kier alpha value is -2.74. The summed E-state index contributed by atoms with van der Waals surface area (Å²) >= 11 is 5.42. The van der Waals surface area contributed by atoms with E-state index in [0.717, 1.165) is 16.6 Å². The van der Waals surface area contributed by atoms with Crippen molar-refractivity contribution in [3.05, 3.63) is 118 Å². The van der Waals surface area contributed by atoms with Crippen LogP contribution in [0.1, 0.15) is 12.5 Å². The maximum absolute atomic E-state index is 9.90. The lowest BCUT2D eigenvalue weighted by Gasteiger charge is -2.20. The lowest BCUT2D eigenvalue weighted by atomic mass is 9.97. The molecule has 0 aromatic heterocycles. The second-order valence-electron chi connectivity index (χ2n) is 7.21. The van der Waals surface area contributed by atoms with Crippen molar-refractivity contribution in [3.8, 4) is 6.07 Å². The average Bonchev–Trinajstić information content (AvgIpc) is 2.79. The van der Waals surface area contributed by atoms with Crippen molar-refractivity contribution < 1.29 is 0 Å². The molecule has 3 aromatic carbocycles. The second kappa shape index (κ2) is 11.6. The lowest BCUT2D eigenvalue weighted by molar-refractivity contribution is 0.790. The van der Waals surface area contributed by atoms with Gasteiger partial charge in [0.1, 0.15) is 11.8 Å². The lowest BCUT2D eigenvalue weighted by Crippen LogP contribution is -2.16. The maximum atomic E-state index is 9.90. The largest absolute Gasteiger partial charge is 0.336 e. The van der Waals surface area contributed by atoms with Crippen LogP contribution >= 0.6 is 27.7 Å². The van der Waals surface area contributed by atoms with Crippen LogP contribution < -0.4 is 4.90 Å². The summed E-state index contributed by atoms with van der Waals surface area (Å²) in [6.07, 6.45) is 5.14. The van der Waals surface area contributed by atoms with Crippen molar-refractivity contribution in [2.24, 2.45) is 5.92 Å². The van der Waals surface area contributed by atoms with Gasteiger partial charge in [-0.3, -0.25) is 0 Å². The fourth-order valence-electron chi connectivity index (χ4n) is 3.31. The molecule has 0 fully saturated rings. The first-order valence-electron chi connectivity index (χ1n) is 10.1. The number of thioether (sulfide) groups is 1. The molecular formula is C27H25BrN2S. The number of hydrogen-bond donors (Lipinski definition) is 0. The summed E-state index contributed by atoms with van der Waals surface area (Å²) in [5.41, 5.74) is 2.85. The van der Waals surface area contributed by atoms with E-state index in [9.17, 15) is 5.26 Å². The smallest absolute Gasteiger partial charge is 0.117 e. The number of nitrogens with zero attached hydrogens (tertiary/aromatic N) is 2. The van der Waals surface area contributed by atoms with E-state index in [1.165, 1.54) is 15.4 Å². The van der Waals surface area contributed by atoms with Crippen LogP contribution in [0.4, 0.5) is 5.69 Å². The highest BCUT2D eigenvalue weighted by Gasteiger charge is 2.13. The van der Waals surface area contributed by atoms with Gasteiger partial charge in [0.15, 0.2) is 0 Å². The van der Waals surface area contributed by atoms with E-state index >= 15 is 0 Å². The topological polar surface area (TPSA) is 27.0 Å². The third-order valence-electron chi connectivity index (χ3n) is 4.88. The molecule has 2 nitrogen and oxygen atoms in total. The molecule has 0 amide bonds. The molecule has 31 heavy (non-hydrogen) atoms. The molecule has 0 saturated carbocycles. The quantitative estimate of drug-likeness (QED) is 0.238. The van der Waals surface area contributed by atoms with E-state index in [2.05, 4.69) is 83.5 Å². The normalized spacial score (nSPS) is 12.8. The van der Waals surface area contributed by atoms with Crippen molar-refractivity contribution in [1.29, 1.82) is 5.26 Å². The zero-order valence-corrected chi connectivity index (χ0v) is 20.1. The number of allylic oxidation sites excluding steroid dienone is 4. The fraction of sp³-hybridized carbons (Fsp3) is 0.148. The predicted molar refractivity (Wildman–Crippen MR) is 136 cm³/mol. The Morgan fingerprint density at radius 2 is 1.58 bits per heavy atom. The van der Waals surface area contributed by atoms with Gasteiger partial charge in [0.05, 0.1) is 0 Å². The van der Waals surface area contributed by atoms with Crippen LogP contribution in [0.5, 0.6) is 0 Å². The van der Waals surface area contributed by atoms with E-state index in [0.29, 0.717) is 5.70 Å². The average molecular weight is 489 g/mol. The third kappa shape index (κ3) is 6.89. The molecule has 3 aromatic rings. The minimum atomic E-state index is 0.0794. The molecule has 0 N–H and O–H groups in total. The summed E-state index contributed by atoms with van der Waals surface area (Å²) < 4.78 is 1.09. The number of para-hydroxylation sites is 1. The van der Waals surface area contributed by atoms with Crippen LogP contribution in [0.3, 0.4) is 0 Å². The SMILES string of the molecule is C/C(=C\C(/C=C(\C#N)N(C)c1ccccc1)Cc1ccccc1Br)Sc1ccccc1. The van der Waals surface area contributed by atoms with E-state index in [1.807, 2.05) is 54.4 Å². The zero-order valence-electron chi connectivity index (χ0n) is 17.7. The minimum absolute atomic E-state index is 0.0794. The van der Waals surface area contributed by atoms with Crippen molar-refractivity contribution in [2.45, 2.75) is 18.2 Å². The van der Waals surface area contributed by atoms with Crippen LogP contribution in [-0.4, -0.2) is 7.05 Å². The first kappa shape index (κ1) is 22.9. The maximum Gasteiger partial charge on any atom is 0.117 e. The molecule has 3 rings (SSSR count). The number of halogens is 1. The molecule has 1 unspecified atom stereocenters. The Bertz CT molecular complexity index is 1080. The molecule has 1 atom stereocenters. The number of benzene rings is 3. The van der Waals surface area contributed by atoms with Crippen molar-refractivity contribution >= 4 is 33.4 Å². The first-order chi connectivity index (χ1) is 15.1. The van der Waals surface area contributed by atoms with Gasteiger partial charge in [-0.05, 0) is 60.2 Å². The van der Waals surface area contributed by atoms with Crippen LogP contribution in [0, 0.1) is 17.2 Å². The first-order valence-corrected chi connectivity index (χ1v) is 11.7. The molecule has 0 spiro atoms. The highest BCUT2D eigenvalue weighted by atomic mass is 79.9. The van der Waals surface area contributed by atoms with Crippen molar-refractivity contribution in [2.75, 3.05) is 11.9 Å². The Morgan fingerprint density at radius 1 is 0.968 bits per heavy atom. The van der Waals surface area contributed by atoms with Gasteiger partial charge in [0.2, 0.25) is 0 Å². The predicted octanol–water partition coefficient (Wildman–Crippen LogP) is 7.85. The van der Waals surface area contributed by atoms with Gasteiger partial charge in [-0.1, -0.05) is 88.4 Å². The molecule has 0 bridgehead atoms.